The van der Waals surface area contributed by atoms with Crippen molar-refractivity contribution in [2.24, 2.45) is 17.6 Å². The summed E-state index contributed by atoms with van der Waals surface area (Å²) in [5.41, 5.74) is 6.23. The highest BCUT2D eigenvalue weighted by atomic mass is 16.5. The predicted molar refractivity (Wildman–Crippen MR) is 60.2 cm³/mol. The Kier molecular flexibility index (Phi) is 4.90. The van der Waals surface area contributed by atoms with Crippen LogP contribution >= 0.6 is 0 Å². The van der Waals surface area contributed by atoms with Crippen LogP contribution < -0.4 is 5.73 Å². The first kappa shape index (κ1) is 12.0. The van der Waals surface area contributed by atoms with Crippen molar-refractivity contribution in [1.29, 1.82) is 0 Å². The van der Waals surface area contributed by atoms with Crippen LogP contribution in [0.5, 0.6) is 0 Å². The molecule has 2 heteroatoms. The van der Waals surface area contributed by atoms with Gasteiger partial charge in [-0.05, 0) is 31.1 Å². The molecule has 0 bridgehead atoms. The fraction of sp³-hybridized carbons (Fsp3) is 1.00. The molecule has 0 radical (unpaired) electrons. The largest absolute Gasteiger partial charge is 0.380 e. The fourth-order valence-electron chi connectivity index (χ4n) is 2.57. The van der Waals surface area contributed by atoms with Gasteiger partial charge in [0, 0.05) is 13.2 Å². The standard InChI is InChI=1S/C12H25NO/c1-4-11(14-3)12(13)10-7-5-9(2)6-8-10/h9-12H,4-8,13H2,1-3H3. The Labute approximate surface area is 88.2 Å². The van der Waals surface area contributed by atoms with Crippen molar-refractivity contribution < 1.29 is 4.74 Å². The van der Waals surface area contributed by atoms with Gasteiger partial charge in [-0.25, -0.2) is 0 Å². The summed E-state index contributed by atoms with van der Waals surface area (Å²) in [5, 5.41) is 0. The molecule has 1 fully saturated rings. The number of rotatable bonds is 4. The minimum Gasteiger partial charge on any atom is -0.380 e. The molecule has 0 aromatic heterocycles. The average Bonchev–Trinajstić information content (AvgIpc) is 2.20. The lowest BCUT2D eigenvalue weighted by Gasteiger charge is -2.34. The Morgan fingerprint density at radius 3 is 2.29 bits per heavy atom. The summed E-state index contributed by atoms with van der Waals surface area (Å²) >= 11 is 0. The van der Waals surface area contributed by atoms with Gasteiger partial charge in [0.05, 0.1) is 6.10 Å². The Morgan fingerprint density at radius 1 is 1.29 bits per heavy atom. The molecule has 1 aliphatic rings. The monoisotopic (exact) mass is 199 g/mol. The molecule has 2 nitrogen and oxygen atoms in total. The highest BCUT2D eigenvalue weighted by Crippen LogP contribution is 2.31. The lowest BCUT2D eigenvalue weighted by Crippen LogP contribution is -2.43. The quantitative estimate of drug-likeness (QED) is 0.755. The highest BCUT2D eigenvalue weighted by Gasteiger charge is 2.28. The predicted octanol–water partition coefficient (Wildman–Crippen LogP) is 2.57. The zero-order chi connectivity index (χ0) is 10.6. The van der Waals surface area contributed by atoms with E-state index >= 15 is 0 Å². The second-order valence-electron chi connectivity index (χ2n) is 4.78. The summed E-state index contributed by atoms with van der Waals surface area (Å²) in [6.07, 6.45) is 6.57. The molecule has 1 rings (SSSR count). The average molecular weight is 199 g/mol. The van der Waals surface area contributed by atoms with Crippen LogP contribution in [0.15, 0.2) is 0 Å². The summed E-state index contributed by atoms with van der Waals surface area (Å²) in [7, 11) is 1.78. The number of hydrogen-bond acceptors (Lipinski definition) is 2. The Bertz CT molecular complexity index is 148. The van der Waals surface area contributed by atoms with Crippen LogP contribution in [0.4, 0.5) is 0 Å². The van der Waals surface area contributed by atoms with Gasteiger partial charge in [0.2, 0.25) is 0 Å². The van der Waals surface area contributed by atoms with Gasteiger partial charge < -0.3 is 10.5 Å². The van der Waals surface area contributed by atoms with Crippen molar-refractivity contribution in [1.82, 2.24) is 0 Å². The third kappa shape index (κ3) is 2.96. The van der Waals surface area contributed by atoms with Gasteiger partial charge in [0.15, 0.2) is 0 Å². The first-order valence-electron chi connectivity index (χ1n) is 5.97. The third-order valence-corrected chi connectivity index (χ3v) is 3.74. The van der Waals surface area contributed by atoms with Crippen molar-refractivity contribution in [2.75, 3.05) is 7.11 Å². The molecule has 0 aromatic rings. The van der Waals surface area contributed by atoms with Crippen LogP contribution in [0.2, 0.25) is 0 Å². The fourth-order valence-corrected chi connectivity index (χ4v) is 2.57. The molecule has 1 aliphatic carbocycles. The van der Waals surface area contributed by atoms with E-state index in [9.17, 15) is 0 Å². The van der Waals surface area contributed by atoms with Gasteiger partial charge in [-0.3, -0.25) is 0 Å². The van der Waals surface area contributed by atoms with E-state index in [0.717, 1.165) is 12.3 Å². The van der Waals surface area contributed by atoms with Crippen molar-refractivity contribution in [3.05, 3.63) is 0 Å². The van der Waals surface area contributed by atoms with Crippen molar-refractivity contribution in [3.63, 3.8) is 0 Å². The molecule has 0 aliphatic heterocycles. The summed E-state index contributed by atoms with van der Waals surface area (Å²) < 4.78 is 5.42. The molecule has 0 saturated heterocycles. The van der Waals surface area contributed by atoms with Gasteiger partial charge >= 0.3 is 0 Å². The zero-order valence-corrected chi connectivity index (χ0v) is 9.83. The van der Waals surface area contributed by atoms with Crippen LogP contribution in [-0.2, 0) is 4.74 Å². The van der Waals surface area contributed by atoms with Crippen molar-refractivity contribution in [3.8, 4) is 0 Å². The summed E-state index contributed by atoms with van der Waals surface area (Å²) in [6, 6.07) is 0.248. The van der Waals surface area contributed by atoms with Crippen molar-refractivity contribution >= 4 is 0 Å². The minimum atomic E-state index is 0.248. The molecule has 0 spiro atoms. The Balaban J connectivity index is 2.39. The maximum atomic E-state index is 6.23. The van der Waals surface area contributed by atoms with E-state index in [1.165, 1.54) is 25.7 Å². The van der Waals surface area contributed by atoms with E-state index in [-0.39, 0.29) is 12.1 Å². The van der Waals surface area contributed by atoms with E-state index in [1.54, 1.807) is 7.11 Å². The van der Waals surface area contributed by atoms with Crippen LogP contribution in [-0.4, -0.2) is 19.3 Å². The normalized spacial score (nSPS) is 32.6. The molecule has 0 heterocycles. The van der Waals surface area contributed by atoms with Gasteiger partial charge in [-0.2, -0.15) is 0 Å². The molecule has 14 heavy (non-hydrogen) atoms. The van der Waals surface area contributed by atoms with Crippen LogP contribution in [0.3, 0.4) is 0 Å². The molecule has 2 N–H and O–H groups in total. The molecule has 2 unspecified atom stereocenters. The molecular formula is C12H25NO. The summed E-state index contributed by atoms with van der Waals surface area (Å²) in [6.45, 7) is 4.49. The van der Waals surface area contributed by atoms with E-state index < -0.39 is 0 Å². The number of methoxy groups -OCH3 is 1. The topological polar surface area (TPSA) is 35.2 Å². The van der Waals surface area contributed by atoms with E-state index in [0.29, 0.717) is 5.92 Å². The Hall–Kier alpha value is -0.0800. The minimum absolute atomic E-state index is 0.248. The summed E-state index contributed by atoms with van der Waals surface area (Å²) in [5.74, 6) is 1.59. The molecule has 0 amide bonds. The van der Waals surface area contributed by atoms with Gasteiger partial charge in [-0.15, -0.1) is 0 Å². The molecule has 1 saturated carbocycles. The second kappa shape index (κ2) is 5.72. The van der Waals surface area contributed by atoms with E-state index in [1.807, 2.05) is 0 Å². The first-order valence-corrected chi connectivity index (χ1v) is 5.97. The van der Waals surface area contributed by atoms with Crippen molar-refractivity contribution in [2.45, 2.75) is 58.1 Å². The third-order valence-electron chi connectivity index (χ3n) is 3.74. The van der Waals surface area contributed by atoms with Gasteiger partial charge in [-0.1, -0.05) is 26.7 Å². The second-order valence-corrected chi connectivity index (χ2v) is 4.78. The van der Waals surface area contributed by atoms with Gasteiger partial charge in [0.25, 0.3) is 0 Å². The van der Waals surface area contributed by atoms with Crippen LogP contribution in [0, 0.1) is 11.8 Å². The lowest BCUT2D eigenvalue weighted by atomic mass is 9.78. The van der Waals surface area contributed by atoms with E-state index in [4.69, 9.17) is 10.5 Å². The molecule has 84 valence electrons. The maximum Gasteiger partial charge on any atom is 0.0722 e. The highest BCUT2D eigenvalue weighted by molar-refractivity contribution is 4.83. The van der Waals surface area contributed by atoms with Crippen LogP contribution in [0.1, 0.15) is 46.0 Å². The number of nitrogens with two attached hydrogens (primary N) is 1. The molecular weight excluding hydrogens is 174 g/mol. The van der Waals surface area contributed by atoms with E-state index in [2.05, 4.69) is 13.8 Å². The molecule has 0 aromatic carbocycles. The first-order chi connectivity index (χ1) is 6.69. The lowest BCUT2D eigenvalue weighted by molar-refractivity contribution is 0.0484. The zero-order valence-electron chi connectivity index (χ0n) is 9.83. The SMILES string of the molecule is CCC(OC)C(N)C1CCC(C)CC1. The maximum absolute atomic E-state index is 6.23. The molecule has 2 atom stereocenters. The Morgan fingerprint density at radius 2 is 1.86 bits per heavy atom. The number of hydrogen-bond donors (Lipinski definition) is 1. The smallest absolute Gasteiger partial charge is 0.0722 e. The number of ether oxygens (including phenoxy) is 1. The van der Waals surface area contributed by atoms with Crippen LogP contribution in [0.25, 0.3) is 0 Å². The summed E-state index contributed by atoms with van der Waals surface area (Å²) in [4.78, 5) is 0. The van der Waals surface area contributed by atoms with Gasteiger partial charge in [0.1, 0.15) is 0 Å².